The van der Waals surface area contributed by atoms with Crippen molar-refractivity contribution in [2.45, 2.75) is 58.9 Å². The standard InChI is InChI=1S/C21H28N4O2/c1-4-6-7-10-14(3)25-19(22)17(21(26)27-13-5-2)18-20(25)24-16-12-9-8-11-15(16)23-18/h8-9,11-12,14H,4-7,10,13,22H2,1-3H3/t14-/m0/s1. The van der Waals surface area contributed by atoms with Crippen molar-refractivity contribution in [2.75, 3.05) is 12.3 Å². The molecule has 0 fully saturated rings. The zero-order valence-electron chi connectivity index (χ0n) is 16.4. The zero-order chi connectivity index (χ0) is 19.4. The van der Waals surface area contributed by atoms with Crippen LogP contribution in [0.25, 0.3) is 22.2 Å². The lowest BCUT2D eigenvalue weighted by atomic mass is 10.1. The van der Waals surface area contributed by atoms with Crippen molar-refractivity contribution < 1.29 is 9.53 Å². The van der Waals surface area contributed by atoms with Gasteiger partial charge in [-0.2, -0.15) is 0 Å². The number of esters is 1. The third kappa shape index (κ3) is 3.75. The number of nitrogens with zero attached hydrogens (tertiary/aromatic N) is 3. The molecule has 0 radical (unpaired) electrons. The maximum atomic E-state index is 12.7. The van der Waals surface area contributed by atoms with Gasteiger partial charge in [0, 0.05) is 6.04 Å². The maximum absolute atomic E-state index is 12.7. The normalized spacial score (nSPS) is 12.6. The minimum Gasteiger partial charge on any atom is -0.462 e. The van der Waals surface area contributed by atoms with Gasteiger partial charge in [0.2, 0.25) is 0 Å². The van der Waals surface area contributed by atoms with Crippen LogP contribution in [-0.2, 0) is 4.74 Å². The van der Waals surface area contributed by atoms with Gasteiger partial charge in [0.25, 0.3) is 0 Å². The first-order valence-electron chi connectivity index (χ1n) is 9.81. The van der Waals surface area contributed by atoms with E-state index in [0.717, 1.165) is 36.7 Å². The molecule has 2 heterocycles. The lowest BCUT2D eigenvalue weighted by Gasteiger charge is -2.16. The third-order valence-corrected chi connectivity index (χ3v) is 4.84. The van der Waals surface area contributed by atoms with Crippen LogP contribution in [-0.4, -0.2) is 27.1 Å². The average Bonchev–Trinajstić information content (AvgIpc) is 2.95. The summed E-state index contributed by atoms with van der Waals surface area (Å²) in [5.41, 5.74) is 9.48. The maximum Gasteiger partial charge on any atom is 0.344 e. The minimum atomic E-state index is -0.427. The molecule has 6 nitrogen and oxygen atoms in total. The summed E-state index contributed by atoms with van der Waals surface area (Å²) in [6.07, 6.45) is 5.16. The van der Waals surface area contributed by atoms with Crippen molar-refractivity contribution in [1.29, 1.82) is 0 Å². The number of ether oxygens (including phenoxy) is 1. The molecule has 2 aromatic heterocycles. The smallest absolute Gasteiger partial charge is 0.344 e. The van der Waals surface area contributed by atoms with Gasteiger partial charge in [-0.25, -0.2) is 14.8 Å². The number of fused-ring (bicyclic) bond motifs is 2. The van der Waals surface area contributed by atoms with Crippen LogP contribution in [0.15, 0.2) is 24.3 Å². The van der Waals surface area contributed by atoms with E-state index < -0.39 is 5.97 Å². The Morgan fingerprint density at radius 1 is 1.15 bits per heavy atom. The zero-order valence-corrected chi connectivity index (χ0v) is 16.4. The highest BCUT2D eigenvalue weighted by atomic mass is 16.5. The summed E-state index contributed by atoms with van der Waals surface area (Å²) in [7, 11) is 0. The van der Waals surface area contributed by atoms with Gasteiger partial charge in [-0.1, -0.05) is 45.2 Å². The number of nitrogen functional groups attached to an aromatic ring is 1. The predicted octanol–water partition coefficient (Wildman–Crippen LogP) is 4.87. The fourth-order valence-corrected chi connectivity index (χ4v) is 3.42. The Labute approximate surface area is 159 Å². The number of hydrogen-bond acceptors (Lipinski definition) is 5. The van der Waals surface area contributed by atoms with Gasteiger partial charge in [0.05, 0.1) is 17.6 Å². The van der Waals surface area contributed by atoms with Crippen LogP contribution in [0, 0.1) is 0 Å². The van der Waals surface area contributed by atoms with Crippen molar-refractivity contribution in [3.8, 4) is 0 Å². The van der Waals surface area contributed by atoms with Gasteiger partial charge in [-0.3, -0.25) is 0 Å². The van der Waals surface area contributed by atoms with Crippen LogP contribution in [0.1, 0.15) is 69.3 Å². The second kappa shape index (κ2) is 8.37. The molecule has 0 saturated carbocycles. The largest absolute Gasteiger partial charge is 0.462 e. The molecule has 1 aromatic carbocycles. The van der Waals surface area contributed by atoms with Crippen molar-refractivity contribution in [2.24, 2.45) is 0 Å². The van der Waals surface area contributed by atoms with Crippen LogP contribution in [0.3, 0.4) is 0 Å². The van der Waals surface area contributed by atoms with E-state index in [1.165, 1.54) is 6.42 Å². The van der Waals surface area contributed by atoms with E-state index in [4.69, 9.17) is 20.4 Å². The molecule has 0 bridgehead atoms. The van der Waals surface area contributed by atoms with Crippen LogP contribution >= 0.6 is 0 Å². The van der Waals surface area contributed by atoms with E-state index in [9.17, 15) is 4.79 Å². The molecule has 0 aliphatic heterocycles. The first kappa shape index (κ1) is 19.1. The molecule has 0 aliphatic carbocycles. The summed E-state index contributed by atoms with van der Waals surface area (Å²) in [6.45, 7) is 6.62. The quantitative estimate of drug-likeness (QED) is 0.453. The molecule has 0 unspecified atom stereocenters. The Morgan fingerprint density at radius 3 is 2.52 bits per heavy atom. The summed E-state index contributed by atoms with van der Waals surface area (Å²) in [5.74, 6) is -0.0335. The lowest BCUT2D eigenvalue weighted by molar-refractivity contribution is 0.0508. The number of nitrogens with two attached hydrogens (primary N) is 1. The SMILES string of the molecule is CCCCC[C@H](C)n1c(N)c(C(=O)OCCC)c2nc3ccccc3nc21. The highest BCUT2D eigenvalue weighted by Gasteiger charge is 2.26. The van der Waals surface area contributed by atoms with E-state index in [2.05, 4.69) is 13.8 Å². The Hall–Kier alpha value is -2.63. The highest BCUT2D eigenvalue weighted by molar-refractivity contribution is 6.08. The van der Waals surface area contributed by atoms with Crippen LogP contribution in [0.2, 0.25) is 0 Å². The third-order valence-electron chi connectivity index (χ3n) is 4.84. The molecule has 6 heteroatoms. The van der Waals surface area contributed by atoms with Gasteiger partial charge in [-0.05, 0) is 31.9 Å². The summed E-state index contributed by atoms with van der Waals surface area (Å²) < 4.78 is 7.32. The molecular weight excluding hydrogens is 340 g/mol. The second-order valence-electron chi connectivity index (χ2n) is 7.00. The van der Waals surface area contributed by atoms with Gasteiger partial charge in [0.15, 0.2) is 5.65 Å². The Bertz CT molecular complexity index is 948. The van der Waals surface area contributed by atoms with Crippen LogP contribution < -0.4 is 5.73 Å². The molecule has 1 atom stereocenters. The molecule has 144 valence electrons. The average molecular weight is 368 g/mol. The number of unbranched alkanes of at least 4 members (excludes halogenated alkanes) is 2. The molecule has 3 aromatic rings. The van der Waals surface area contributed by atoms with Gasteiger partial charge in [-0.15, -0.1) is 0 Å². The van der Waals surface area contributed by atoms with Gasteiger partial charge in [0.1, 0.15) is 16.9 Å². The monoisotopic (exact) mass is 368 g/mol. The van der Waals surface area contributed by atoms with E-state index in [1.54, 1.807) is 0 Å². The summed E-state index contributed by atoms with van der Waals surface area (Å²) in [5, 5.41) is 0. The van der Waals surface area contributed by atoms with Crippen molar-refractivity contribution in [1.82, 2.24) is 14.5 Å². The first-order chi connectivity index (χ1) is 13.1. The fraction of sp³-hybridized carbons (Fsp3) is 0.476. The topological polar surface area (TPSA) is 83.0 Å². The second-order valence-corrected chi connectivity index (χ2v) is 7.00. The highest BCUT2D eigenvalue weighted by Crippen LogP contribution is 2.33. The fourth-order valence-electron chi connectivity index (χ4n) is 3.42. The number of carbonyl (C=O) groups excluding carboxylic acids is 1. The molecule has 2 N–H and O–H groups in total. The van der Waals surface area contributed by atoms with Crippen LogP contribution in [0.5, 0.6) is 0 Å². The number of benzene rings is 1. The molecular formula is C21H28N4O2. The Balaban J connectivity index is 2.16. The molecule has 0 saturated heterocycles. The molecule has 27 heavy (non-hydrogen) atoms. The Kier molecular flexibility index (Phi) is 5.94. The first-order valence-corrected chi connectivity index (χ1v) is 9.81. The molecule has 0 spiro atoms. The number of anilines is 1. The minimum absolute atomic E-state index is 0.127. The van der Waals surface area contributed by atoms with Gasteiger partial charge >= 0.3 is 5.97 Å². The number of hydrogen-bond donors (Lipinski definition) is 1. The van der Waals surface area contributed by atoms with Crippen molar-refractivity contribution >= 4 is 34.0 Å². The van der Waals surface area contributed by atoms with Crippen LogP contribution in [0.4, 0.5) is 5.82 Å². The van der Waals surface area contributed by atoms with E-state index in [1.807, 2.05) is 35.8 Å². The summed E-state index contributed by atoms with van der Waals surface area (Å²) in [4.78, 5) is 22.2. The van der Waals surface area contributed by atoms with E-state index >= 15 is 0 Å². The lowest BCUT2D eigenvalue weighted by Crippen LogP contribution is -2.12. The molecule has 3 rings (SSSR count). The van der Waals surface area contributed by atoms with E-state index in [0.29, 0.717) is 29.2 Å². The predicted molar refractivity (Wildman–Crippen MR) is 109 cm³/mol. The van der Waals surface area contributed by atoms with E-state index in [-0.39, 0.29) is 6.04 Å². The summed E-state index contributed by atoms with van der Waals surface area (Å²) in [6, 6.07) is 7.78. The number of carbonyl (C=O) groups is 1. The van der Waals surface area contributed by atoms with Crippen molar-refractivity contribution in [3.05, 3.63) is 29.8 Å². The number of para-hydroxylation sites is 2. The molecule has 0 aliphatic rings. The Morgan fingerprint density at radius 2 is 1.85 bits per heavy atom. The summed E-state index contributed by atoms with van der Waals surface area (Å²) >= 11 is 0. The number of aromatic nitrogens is 3. The number of rotatable bonds is 8. The van der Waals surface area contributed by atoms with Crippen molar-refractivity contribution in [3.63, 3.8) is 0 Å². The van der Waals surface area contributed by atoms with Gasteiger partial charge < -0.3 is 15.0 Å². The molecule has 0 amide bonds.